The van der Waals surface area contributed by atoms with Crippen LogP contribution in [0.3, 0.4) is 0 Å². The highest BCUT2D eigenvalue weighted by molar-refractivity contribution is 9.10. The number of aromatic nitrogens is 2. The first kappa shape index (κ1) is 32.1. The van der Waals surface area contributed by atoms with Crippen molar-refractivity contribution < 1.29 is 62.0 Å². The van der Waals surface area contributed by atoms with Gasteiger partial charge in [-0.3, -0.25) is 9.97 Å². The third-order valence-electron chi connectivity index (χ3n) is 5.49. The fourth-order valence-electron chi connectivity index (χ4n) is 2.84. The molecule has 1 aliphatic heterocycles. The molecule has 3 rings (SSSR count). The molecule has 18 heteroatoms. The summed E-state index contributed by atoms with van der Waals surface area (Å²) in [5, 5.41) is 0. The summed E-state index contributed by atoms with van der Waals surface area (Å²) in [6.45, 7) is 6.49. The lowest BCUT2D eigenvalue weighted by Gasteiger charge is -2.32. The molecule has 1 fully saturated rings. The Bertz CT molecular complexity index is 1140. The van der Waals surface area contributed by atoms with E-state index in [1.807, 2.05) is 0 Å². The van der Waals surface area contributed by atoms with Gasteiger partial charge in [0.25, 0.3) is 0 Å². The van der Waals surface area contributed by atoms with Crippen molar-refractivity contribution in [3.8, 4) is 0 Å². The third-order valence-corrected chi connectivity index (χ3v) is 6.12. The monoisotopic (exact) mass is 634 g/mol. The minimum atomic E-state index is -5.00. The van der Waals surface area contributed by atoms with Gasteiger partial charge < -0.3 is 9.31 Å². The maximum atomic E-state index is 13.1. The van der Waals surface area contributed by atoms with E-state index in [0.29, 0.717) is 12.4 Å². The van der Waals surface area contributed by atoms with Gasteiger partial charge in [-0.25, -0.2) is 0 Å². The van der Waals surface area contributed by atoms with Gasteiger partial charge in [-0.2, -0.15) is 52.7 Å². The van der Waals surface area contributed by atoms with Crippen LogP contribution in [0.1, 0.15) is 50.2 Å². The van der Waals surface area contributed by atoms with Crippen molar-refractivity contribution in [3.63, 3.8) is 0 Å². The first-order valence-corrected chi connectivity index (χ1v) is 10.9. The lowest BCUT2D eigenvalue weighted by molar-refractivity contribution is -0.147. The van der Waals surface area contributed by atoms with Crippen molar-refractivity contribution in [2.24, 2.45) is 0 Å². The molecule has 38 heavy (non-hydrogen) atoms. The van der Waals surface area contributed by atoms with E-state index >= 15 is 0 Å². The number of rotatable bonds is 1. The Labute approximate surface area is 216 Å². The topological polar surface area (TPSA) is 44.2 Å². The van der Waals surface area contributed by atoms with Crippen LogP contribution in [0.25, 0.3) is 0 Å². The lowest BCUT2D eigenvalue weighted by atomic mass is 9.76. The Hall–Kier alpha value is -2.08. The molecule has 4 nitrogen and oxygen atoms in total. The van der Waals surface area contributed by atoms with Crippen molar-refractivity contribution in [2.75, 3.05) is 0 Å². The fraction of sp³-hybridized carbons (Fsp3) is 0.500. The molecule has 0 spiro atoms. The first-order chi connectivity index (χ1) is 16.8. The average molecular weight is 635 g/mol. The van der Waals surface area contributed by atoms with E-state index in [0.717, 1.165) is 0 Å². The SMILES string of the molecule is CC1(C)OB(c2cnc(C(F)(F)F)cc2C(F)(F)F)OC1(C)C.FC(F)(F)c1cc(C(F)(F)F)c(Br)cn1. The van der Waals surface area contributed by atoms with Gasteiger partial charge >= 0.3 is 31.8 Å². The highest BCUT2D eigenvalue weighted by Crippen LogP contribution is 2.40. The molecular weight excluding hydrogens is 619 g/mol. The van der Waals surface area contributed by atoms with Crippen LogP contribution in [-0.2, 0) is 34.0 Å². The summed E-state index contributed by atoms with van der Waals surface area (Å²) in [6, 6.07) is -0.0650. The number of halogens is 13. The minimum absolute atomic E-state index is 0.0274. The molecule has 3 heterocycles. The van der Waals surface area contributed by atoms with Crippen LogP contribution < -0.4 is 5.46 Å². The molecule has 2 aromatic heterocycles. The molecule has 212 valence electrons. The van der Waals surface area contributed by atoms with Crippen LogP contribution in [0.15, 0.2) is 29.0 Å². The summed E-state index contributed by atoms with van der Waals surface area (Å²) in [4.78, 5) is 5.93. The van der Waals surface area contributed by atoms with Crippen LogP contribution in [0.2, 0.25) is 0 Å². The molecule has 0 amide bonds. The maximum Gasteiger partial charge on any atom is 0.497 e. The smallest absolute Gasteiger partial charge is 0.399 e. The molecule has 0 radical (unpaired) electrons. The van der Waals surface area contributed by atoms with Gasteiger partial charge in [0.2, 0.25) is 0 Å². The molecule has 0 N–H and O–H groups in total. The summed E-state index contributed by atoms with van der Waals surface area (Å²) in [5.74, 6) is 0. The van der Waals surface area contributed by atoms with E-state index in [-0.39, 0.29) is 12.1 Å². The molecule has 1 aliphatic rings. The van der Waals surface area contributed by atoms with Gasteiger partial charge in [-0.15, -0.1) is 0 Å². The average Bonchev–Trinajstić information content (AvgIpc) is 2.92. The standard InChI is InChI=1S/C13H14BF6NO2.C7H2BrF6N/c1-10(2)11(3,4)23-14(22-10)8-6-21-9(13(18,19)20)5-7(8)12(15,16)17;8-4-2-15-5(7(12,13)14)1-3(4)6(9,10)11/h5-6H,1-4H3;1-2H. The zero-order valence-corrected chi connectivity index (χ0v) is 21.1. The van der Waals surface area contributed by atoms with Crippen molar-refractivity contribution >= 4 is 28.5 Å². The van der Waals surface area contributed by atoms with Crippen molar-refractivity contribution in [1.29, 1.82) is 0 Å². The molecule has 1 saturated heterocycles. The predicted octanol–water partition coefficient (Wildman–Crippen LogP) is 7.30. The van der Waals surface area contributed by atoms with Gasteiger partial charge in [0, 0.05) is 22.3 Å². The van der Waals surface area contributed by atoms with E-state index in [4.69, 9.17) is 9.31 Å². The van der Waals surface area contributed by atoms with Crippen LogP contribution in [-0.4, -0.2) is 28.3 Å². The van der Waals surface area contributed by atoms with Crippen LogP contribution in [0.5, 0.6) is 0 Å². The first-order valence-electron chi connectivity index (χ1n) is 10.1. The van der Waals surface area contributed by atoms with Gasteiger partial charge in [0.1, 0.15) is 11.4 Å². The number of pyridine rings is 2. The van der Waals surface area contributed by atoms with Crippen molar-refractivity contribution in [1.82, 2.24) is 9.97 Å². The second-order valence-corrected chi connectivity index (χ2v) is 9.64. The highest BCUT2D eigenvalue weighted by Gasteiger charge is 2.54. The molecule has 0 aromatic carbocycles. The summed E-state index contributed by atoms with van der Waals surface area (Å²) in [7, 11) is -1.45. The van der Waals surface area contributed by atoms with E-state index < -0.39 is 75.5 Å². The quantitative estimate of drug-likeness (QED) is 0.244. The number of hydrogen-bond acceptors (Lipinski definition) is 4. The third kappa shape index (κ3) is 7.31. The maximum absolute atomic E-state index is 13.1. The minimum Gasteiger partial charge on any atom is -0.399 e. The highest BCUT2D eigenvalue weighted by atomic mass is 79.9. The Kier molecular flexibility index (Phi) is 8.59. The van der Waals surface area contributed by atoms with Gasteiger partial charge in [0.15, 0.2) is 0 Å². The van der Waals surface area contributed by atoms with Crippen molar-refractivity contribution in [3.05, 3.63) is 51.5 Å². The Morgan fingerprint density at radius 3 is 1.37 bits per heavy atom. The van der Waals surface area contributed by atoms with Gasteiger partial charge in [-0.1, -0.05) is 0 Å². The molecule has 0 unspecified atom stereocenters. The molecule has 0 saturated carbocycles. The van der Waals surface area contributed by atoms with E-state index in [9.17, 15) is 52.7 Å². The summed E-state index contributed by atoms with van der Waals surface area (Å²) >= 11 is 2.48. The van der Waals surface area contributed by atoms with Crippen LogP contribution >= 0.6 is 15.9 Å². The van der Waals surface area contributed by atoms with E-state index in [1.54, 1.807) is 27.7 Å². The zero-order valence-electron chi connectivity index (χ0n) is 19.5. The van der Waals surface area contributed by atoms with Gasteiger partial charge in [0.05, 0.1) is 22.3 Å². The van der Waals surface area contributed by atoms with Crippen LogP contribution in [0.4, 0.5) is 52.7 Å². The summed E-state index contributed by atoms with van der Waals surface area (Å²) in [5.41, 5.74) is -8.50. The zero-order chi connectivity index (χ0) is 29.7. The van der Waals surface area contributed by atoms with Crippen LogP contribution in [0, 0.1) is 0 Å². The fourth-order valence-corrected chi connectivity index (χ4v) is 3.28. The largest absolute Gasteiger partial charge is 0.497 e. The number of alkyl halides is 12. The number of nitrogens with zero attached hydrogens (tertiary/aromatic N) is 2. The second-order valence-electron chi connectivity index (χ2n) is 8.79. The molecular formula is C20H16BBrF12N2O2. The second kappa shape index (κ2) is 10.2. The Morgan fingerprint density at radius 1 is 0.632 bits per heavy atom. The summed E-state index contributed by atoms with van der Waals surface area (Å²) in [6.07, 6.45) is -18.7. The Morgan fingerprint density at radius 2 is 1.00 bits per heavy atom. The molecule has 0 bridgehead atoms. The normalized spacial score (nSPS) is 17.8. The Balaban J connectivity index is 0.000000293. The molecule has 0 aliphatic carbocycles. The number of hydrogen-bond donors (Lipinski definition) is 0. The molecule has 2 aromatic rings. The van der Waals surface area contributed by atoms with E-state index in [1.165, 1.54) is 0 Å². The molecule has 0 atom stereocenters. The van der Waals surface area contributed by atoms with E-state index in [2.05, 4.69) is 25.9 Å². The van der Waals surface area contributed by atoms with Crippen molar-refractivity contribution in [2.45, 2.75) is 63.6 Å². The predicted molar refractivity (Wildman–Crippen MR) is 112 cm³/mol. The lowest BCUT2D eigenvalue weighted by Crippen LogP contribution is -2.41. The van der Waals surface area contributed by atoms with Gasteiger partial charge in [-0.05, 0) is 55.8 Å². The summed E-state index contributed by atoms with van der Waals surface area (Å²) < 4.78 is 160.